The number of unbranched alkanes of at least 4 members (excludes halogenated alkanes) is 3. The summed E-state index contributed by atoms with van der Waals surface area (Å²) < 4.78 is 11.5. The lowest BCUT2D eigenvalue weighted by molar-refractivity contribution is -0.145. The van der Waals surface area contributed by atoms with E-state index in [1.807, 2.05) is 13.0 Å². The number of benzene rings is 2. The van der Waals surface area contributed by atoms with Crippen LogP contribution in [0.4, 0.5) is 0 Å². The molecule has 1 atom stereocenters. The Morgan fingerprint density at radius 3 is 2.60 bits per heavy atom. The van der Waals surface area contributed by atoms with Crippen LogP contribution in [-0.4, -0.2) is 19.2 Å². The monoisotopic (exact) mass is 474 g/mol. The van der Waals surface area contributed by atoms with Gasteiger partial charge < -0.3 is 9.47 Å². The summed E-state index contributed by atoms with van der Waals surface area (Å²) in [5.74, 6) is 3.37. The van der Waals surface area contributed by atoms with Crippen LogP contribution in [0.3, 0.4) is 0 Å². The molecule has 0 saturated heterocycles. The highest BCUT2D eigenvalue weighted by molar-refractivity contribution is 5.80. The number of terminal acetylenes is 1. The average molecular weight is 475 g/mol. The summed E-state index contributed by atoms with van der Waals surface area (Å²) in [4.78, 5) is 12.7. The molecule has 0 spiro atoms. The summed E-state index contributed by atoms with van der Waals surface area (Å²) in [6.07, 6.45) is 14.5. The molecule has 0 amide bonds. The molecule has 3 rings (SSSR count). The van der Waals surface area contributed by atoms with Crippen molar-refractivity contribution in [3.63, 3.8) is 0 Å². The van der Waals surface area contributed by atoms with Gasteiger partial charge in [-0.25, -0.2) is 0 Å². The van der Waals surface area contributed by atoms with Crippen LogP contribution in [0, 0.1) is 12.3 Å². The highest BCUT2D eigenvalue weighted by atomic mass is 16.5. The average Bonchev–Trinajstić information content (AvgIpc) is 2.84. The van der Waals surface area contributed by atoms with E-state index in [1.165, 1.54) is 36.0 Å². The third-order valence-electron chi connectivity index (χ3n) is 7.26. The molecule has 35 heavy (non-hydrogen) atoms. The molecule has 0 saturated carbocycles. The summed E-state index contributed by atoms with van der Waals surface area (Å²) in [7, 11) is 0. The van der Waals surface area contributed by atoms with Crippen molar-refractivity contribution < 1.29 is 14.3 Å². The van der Waals surface area contributed by atoms with Gasteiger partial charge in [-0.3, -0.25) is 4.79 Å². The molecule has 0 bridgehead atoms. The lowest BCUT2D eigenvalue weighted by Crippen LogP contribution is -2.26. The number of fused-ring (bicyclic) bond motifs is 1. The Balaban J connectivity index is 2.08. The molecule has 1 aliphatic rings. The van der Waals surface area contributed by atoms with Gasteiger partial charge in [-0.15, -0.1) is 6.42 Å². The standard InChI is InChI=1S/C32H42O3/c1-7-11-12-13-15-24-21-30-29(32(5,6)18-19-35-30)22-28(24)25-16-17-26(23(9-3)20-25)27(14-8-2)31(33)34-10-4/h3,16-17,20-22,27H,7-8,10-15,18-19H2,1-2,4-6H3. The molecule has 0 fully saturated rings. The fraction of sp³-hybridized carbons (Fsp3) is 0.531. The molecule has 3 nitrogen and oxygen atoms in total. The highest BCUT2D eigenvalue weighted by Gasteiger charge is 2.30. The molecule has 2 aromatic rings. The van der Waals surface area contributed by atoms with E-state index in [0.717, 1.165) is 61.2 Å². The molecular formula is C32H42O3. The number of hydrogen-bond acceptors (Lipinski definition) is 3. The Hall–Kier alpha value is -2.73. The van der Waals surface area contributed by atoms with E-state index >= 15 is 0 Å². The van der Waals surface area contributed by atoms with Crippen molar-refractivity contribution >= 4 is 5.97 Å². The Morgan fingerprint density at radius 1 is 1.11 bits per heavy atom. The zero-order valence-corrected chi connectivity index (χ0v) is 22.3. The van der Waals surface area contributed by atoms with E-state index < -0.39 is 0 Å². The Morgan fingerprint density at radius 2 is 1.91 bits per heavy atom. The summed E-state index contributed by atoms with van der Waals surface area (Å²) in [5.41, 5.74) is 6.64. The first-order valence-electron chi connectivity index (χ1n) is 13.4. The van der Waals surface area contributed by atoms with E-state index in [0.29, 0.717) is 6.61 Å². The summed E-state index contributed by atoms with van der Waals surface area (Å²) >= 11 is 0. The summed E-state index contributed by atoms with van der Waals surface area (Å²) in [6, 6.07) is 10.9. The van der Waals surface area contributed by atoms with Gasteiger partial charge in [0.2, 0.25) is 0 Å². The third kappa shape index (κ3) is 6.29. The van der Waals surface area contributed by atoms with Gasteiger partial charge in [0.15, 0.2) is 0 Å². The Kier molecular flexibility index (Phi) is 9.44. The number of carbonyl (C=O) groups is 1. The topological polar surface area (TPSA) is 35.5 Å². The third-order valence-corrected chi connectivity index (χ3v) is 7.26. The van der Waals surface area contributed by atoms with Gasteiger partial charge in [0.25, 0.3) is 0 Å². The molecule has 0 radical (unpaired) electrons. The minimum Gasteiger partial charge on any atom is -0.493 e. The first-order chi connectivity index (χ1) is 16.9. The molecule has 0 N–H and O–H groups in total. The van der Waals surface area contributed by atoms with E-state index in [9.17, 15) is 4.79 Å². The predicted octanol–water partition coefficient (Wildman–Crippen LogP) is 7.96. The van der Waals surface area contributed by atoms with Crippen molar-refractivity contribution in [3.05, 3.63) is 52.6 Å². The number of carbonyl (C=O) groups excluding carboxylic acids is 1. The van der Waals surface area contributed by atoms with Gasteiger partial charge in [0.1, 0.15) is 5.75 Å². The summed E-state index contributed by atoms with van der Waals surface area (Å²) in [5, 5.41) is 0. The molecule has 1 unspecified atom stereocenters. The SMILES string of the molecule is C#Cc1cc(-c2cc3c(cc2CCCCCC)OCCC3(C)C)ccc1C(CCC)C(=O)OCC. The van der Waals surface area contributed by atoms with Crippen LogP contribution in [-0.2, 0) is 21.4 Å². The lowest BCUT2D eigenvalue weighted by atomic mass is 9.77. The molecule has 0 aromatic heterocycles. The maximum absolute atomic E-state index is 12.7. The van der Waals surface area contributed by atoms with Crippen molar-refractivity contribution in [3.8, 4) is 29.2 Å². The number of aryl methyl sites for hydroxylation is 1. The van der Waals surface area contributed by atoms with Crippen molar-refractivity contribution in [1.82, 2.24) is 0 Å². The van der Waals surface area contributed by atoms with Gasteiger partial charge in [0.05, 0.1) is 19.1 Å². The van der Waals surface area contributed by atoms with Gasteiger partial charge in [0, 0.05) is 11.1 Å². The van der Waals surface area contributed by atoms with Gasteiger partial charge >= 0.3 is 5.97 Å². The smallest absolute Gasteiger partial charge is 0.313 e. The van der Waals surface area contributed by atoms with Crippen LogP contribution >= 0.6 is 0 Å². The fourth-order valence-electron chi connectivity index (χ4n) is 5.12. The van der Waals surface area contributed by atoms with E-state index in [2.05, 4.69) is 57.9 Å². The number of ether oxygens (including phenoxy) is 2. The van der Waals surface area contributed by atoms with Crippen molar-refractivity contribution in [2.45, 2.75) is 97.3 Å². The molecule has 3 heteroatoms. The van der Waals surface area contributed by atoms with E-state index in [1.54, 1.807) is 0 Å². The van der Waals surface area contributed by atoms with Crippen LogP contribution in [0.25, 0.3) is 11.1 Å². The van der Waals surface area contributed by atoms with Crippen LogP contribution in [0.2, 0.25) is 0 Å². The maximum Gasteiger partial charge on any atom is 0.313 e. The zero-order chi connectivity index (χ0) is 25.4. The molecular weight excluding hydrogens is 432 g/mol. The molecule has 1 aliphatic heterocycles. The van der Waals surface area contributed by atoms with Gasteiger partial charge in [-0.2, -0.15) is 0 Å². The Bertz CT molecular complexity index is 1060. The van der Waals surface area contributed by atoms with Gasteiger partial charge in [-0.05, 0) is 78.5 Å². The highest BCUT2D eigenvalue weighted by Crippen LogP contribution is 2.43. The minimum absolute atomic E-state index is 0.0636. The quantitative estimate of drug-likeness (QED) is 0.188. The molecule has 1 heterocycles. The predicted molar refractivity (Wildman–Crippen MR) is 145 cm³/mol. The number of rotatable bonds is 11. The van der Waals surface area contributed by atoms with Gasteiger partial charge in [-0.1, -0.05) is 71.4 Å². The second-order valence-corrected chi connectivity index (χ2v) is 10.3. The fourth-order valence-corrected chi connectivity index (χ4v) is 5.12. The second kappa shape index (κ2) is 12.3. The van der Waals surface area contributed by atoms with Crippen LogP contribution in [0.15, 0.2) is 30.3 Å². The number of esters is 1. The minimum atomic E-state index is -0.329. The molecule has 2 aromatic carbocycles. The lowest BCUT2D eigenvalue weighted by Gasteiger charge is -2.33. The number of hydrogen-bond donors (Lipinski definition) is 0. The van der Waals surface area contributed by atoms with Crippen molar-refractivity contribution in [2.24, 2.45) is 0 Å². The van der Waals surface area contributed by atoms with Crippen molar-refractivity contribution in [1.29, 1.82) is 0 Å². The largest absolute Gasteiger partial charge is 0.493 e. The normalized spacial score (nSPS) is 15.0. The first kappa shape index (κ1) is 26.9. The van der Waals surface area contributed by atoms with Crippen LogP contribution in [0.5, 0.6) is 5.75 Å². The first-order valence-corrected chi connectivity index (χ1v) is 13.4. The molecule has 188 valence electrons. The van der Waals surface area contributed by atoms with E-state index in [-0.39, 0.29) is 17.3 Å². The van der Waals surface area contributed by atoms with Crippen LogP contribution in [0.1, 0.15) is 108 Å². The molecule has 0 aliphatic carbocycles. The maximum atomic E-state index is 12.7. The summed E-state index contributed by atoms with van der Waals surface area (Å²) in [6.45, 7) is 11.9. The van der Waals surface area contributed by atoms with E-state index in [4.69, 9.17) is 15.9 Å². The van der Waals surface area contributed by atoms with Crippen molar-refractivity contribution in [2.75, 3.05) is 13.2 Å². The Labute approximate surface area is 212 Å². The van der Waals surface area contributed by atoms with Crippen LogP contribution < -0.4 is 4.74 Å². The zero-order valence-electron chi connectivity index (χ0n) is 22.3. The second-order valence-electron chi connectivity index (χ2n) is 10.3.